The Bertz CT molecular complexity index is 522. The van der Waals surface area contributed by atoms with Crippen LogP contribution in [0.25, 0.3) is 11.3 Å². The Morgan fingerprint density at radius 1 is 1.37 bits per heavy atom. The zero-order valence-electron chi connectivity index (χ0n) is 10.8. The van der Waals surface area contributed by atoms with E-state index in [1.54, 1.807) is 13.1 Å². The van der Waals surface area contributed by atoms with Crippen molar-refractivity contribution < 1.29 is 14.0 Å². The third-order valence-electron chi connectivity index (χ3n) is 2.51. The molecular weight excluding hydrogens is 244 g/mol. The number of aromatic nitrogens is 1. The first-order chi connectivity index (χ1) is 9.29. The molecule has 0 saturated carbocycles. The molecule has 0 aliphatic rings. The first-order valence-corrected chi connectivity index (χ1v) is 6.20. The zero-order valence-corrected chi connectivity index (χ0v) is 10.8. The molecule has 0 saturated heterocycles. The summed E-state index contributed by atoms with van der Waals surface area (Å²) >= 11 is 0. The van der Waals surface area contributed by atoms with Crippen molar-refractivity contribution in [2.75, 3.05) is 6.61 Å². The number of carbonyl (C=O) groups excluding carboxylic acids is 1. The molecule has 0 aliphatic heterocycles. The van der Waals surface area contributed by atoms with Gasteiger partial charge in [0.1, 0.15) is 0 Å². The minimum atomic E-state index is -0.179. The Morgan fingerprint density at radius 3 is 2.89 bits per heavy atom. The van der Waals surface area contributed by atoms with Gasteiger partial charge in [-0.05, 0) is 6.92 Å². The SMILES string of the molecule is CCONC(=O)CCc1ncc(-c2ccccc2)o1. The van der Waals surface area contributed by atoms with Crippen LogP contribution in [0.4, 0.5) is 0 Å². The van der Waals surface area contributed by atoms with E-state index < -0.39 is 0 Å². The smallest absolute Gasteiger partial charge is 0.244 e. The maximum Gasteiger partial charge on any atom is 0.244 e. The van der Waals surface area contributed by atoms with E-state index in [2.05, 4.69) is 10.5 Å². The number of nitrogens with one attached hydrogen (secondary N) is 1. The molecule has 0 unspecified atom stereocenters. The number of amides is 1. The predicted octanol–water partition coefficient (Wildman–Crippen LogP) is 2.34. The standard InChI is InChI=1S/C14H16N2O3/c1-2-18-16-13(17)8-9-14-15-10-12(19-14)11-6-4-3-5-7-11/h3-7,10H,2,8-9H2,1H3,(H,16,17). The molecule has 1 N–H and O–H groups in total. The van der Waals surface area contributed by atoms with Crippen LogP contribution in [0.15, 0.2) is 40.9 Å². The van der Waals surface area contributed by atoms with Crippen LogP contribution in [0.2, 0.25) is 0 Å². The van der Waals surface area contributed by atoms with Crippen molar-refractivity contribution in [2.45, 2.75) is 19.8 Å². The van der Waals surface area contributed by atoms with Gasteiger partial charge in [-0.1, -0.05) is 30.3 Å². The van der Waals surface area contributed by atoms with Gasteiger partial charge < -0.3 is 4.42 Å². The van der Waals surface area contributed by atoms with E-state index >= 15 is 0 Å². The number of benzene rings is 1. The molecule has 0 fully saturated rings. The molecule has 5 nitrogen and oxygen atoms in total. The molecule has 100 valence electrons. The minimum absolute atomic E-state index is 0.179. The number of hydrogen-bond acceptors (Lipinski definition) is 4. The number of aryl methyl sites for hydroxylation is 1. The van der Waals surface area contributed by atoms with Crippen molar-refractivity contribution in [1.82, 2.24) is 10.5 Å². The summed E-state index contributed by atoms with van der Waals surface area (Å²) in [4.78, 5) is 20.3. The Hall–Kier alpha value is -2.14. The van der Waals surface area contributed by atoms with Gasteiger partial charge >= 0.3 is 0 Å². The summed E-state index contributed by atoms with van der Waals surface area (Å²) in [6.07, 6.45) is 2.41. The number of hydroxylamine groups is 1. The molecule has 2 rings (SSSR count). The first kappa shape index (κ1) is 13.3. The second-order valence-electron chi connectivity index (χ2n) is 3.94. The van der Waals surface area contributed by atoms with Crippen LogP contribution in [0.1, 0.15) is 19.2 Å². The summed E-state index contributed by atoms with van der Waals surface area (Å²) in [6.45, 7) is 2.25. The molecule has 0 radical (unpaired) electrons. The Labute approximate surface area is 111 Å². The monoisotopic (exact) mass is 260 g/mol. The van der Waals surface area contributed by atoms with Gasteiger partial charge in [0.05, 0.1) is 12.8 Å². The van der Waals surface area contributed by atoms with E-state index in [0.717, 1.165) is 5.56 Å². The molecule has 0 aliphatic carbocycles. The highest BCUT2D eigenvalue weighted by Gasteiger charge is 2.08. The van der Waals surface area contributed by atoms with Gasteiger partial charge in [-0.3, -0.25) is 9.63 Å². The van der Waals surface area contributed by atoms with Crippen molar-refractivity contribution in [3.8, 4) is 11.3 Å². The van der Waals surface area contributed by atoms with E-state index in [1.165, 1.54) is 0 Å². The topological polar surface area (TPSA) is 64.4 Å². The van der Waals surface area contributed by atoms with Crippen molar-refractivity contribution in [1.29, 1.82) is 0 Å². The largest absolute Gasteiger partial charge is 0.441 e. The molecule has 5 heteroatoms. The van der Waals surface area contributed by atoms with E-state index in [9.17, 15) is 4.79 Å². The quantitative estimate of drug-likeness (QED) is 0.810. The fraction of sp³-hybridized carbons (Fsp3) is 0.286. The first-order valence-electron chi connectivity index (χ1n) is 6.20. The molecule has 0 spiro atoms. The number of rotatable bonds is 6. The van der Waals surface area contributed by atoms with E-state index in [4.69, 9.17) is 9.25 Å². The Morgan fingerprint density at radius 2 is 2.16 bits per heavy atom. The number of hydrogen-bond donors (Lipinski definition) is 1. The van der Waals surface area contributed by atoms with Gasteiger partial charge in [0.25, 0.3) is 0 Å². The van der Waals surface area contributed by atoms with Gasteiger partial charge in [-0.2, -0.15) is 0 Å². The zero-order chi connectivity index (χ0) is 13.5. The van der Waals surface area contributed by atoms with Gasteiger partial charge in [0.2, 0.25) is 5.91 Å². The maximum absolute atomic E-state index is 11.3. The van der Waals surface area contributed by atoms with Crippen LogP contribution >= 0.6 is 0 Å². The maximum atomic E-state index is 11.3. The number of carbonyl (C=O) groups is 1. The highest BCUT2D eigenvalue weighted by Crippen LogP contribution is 2.20. The molecular formula is C14H16N2O3. The highest BCUT2D eigenvalue weighted by molar-refractivity contribution is 5.74. The van der Waals surface area contributed by atoms with Crippen LogP contribution in [-0.4, -0.2) is 17.5 Å². The second-order valence-corrected chi connectivity index (χ2v) is 3.94. The molecule has 1 amide bonds. The average Bonchev–Trinajstić information content (AvgIpc) is 2.93. The van der Waals surface area contributed by atoms with Gasteiger partial charge in [-0.25, -0.2) is 10.5 Å². The van der Waals surface area contributed by atoms with Gasteiger partial charge in [0.15, 0.2) is 11.7 Å². The minimum Gasteiger partial charge on any atom is -0.441 e. The lowest BCUT2D eigenvalue weighted by molar-refractivity contribution is -0.133. The summed E-state index contributed by atoms with van der Waals surface area (Å²) in [5, 5.41) is 0. The van der Waals surface area contributed by atoms with Gasteiger partial charge in [-0.15, -0.1) is 0 Å². The van der Waals surface area contributed by atoms with Crippen LogP contribution in [0, 0.1) is 0 Å². The van der Waals surface area contributed by atoms with Crippen molar-refractivity contribution >= 4 is 5.91 Å². The van der Waals surface area contributed by atoms with Crippen molar-refractivity contribution in [3.05, 3.63) is 42.4 Å². The van der Waals surface area contributed by atoms with Crippen molar-refractivity contribution in [2.24, 2.45) is 0 Å². The summed E-state index contributed by atoms with van der Waals surface area (Å²) in [5.41, 5.74) is 3.30. The van der Waals surface area contributed by atoms with Crippen molar-refractivity contribution in [3.63, 3.8) is 0 Å². The predicted molar refractivity (Wildman–Crippen MR) is 70.0 cm³/mol. The van der Waals surface area contributed by atoms with Crippen LogP contribution in [-0.2, 0) is 16.1 Å². The molecule has 2 aromatic rings. The molecule has 19 heavy (non-hydrogen) atoms. The van der Waals surface area contributed by atoms with Crippen LogP contribution in [0.5, 0.6) is 0 Å². The van der Waals surface area contributed by atoms with E-state index in [-0.39, 0.29) is 12.3 Å². The fourth-order valence-electron chi connectivity index (χ4n) is 1.59. The summed E-state index contributed by atoms with van der Waals surface area (Å²) in [7, 11) is 0. The highest BCUT2D eigenvalue weighted by atomic mass is 16.6. The molecule has 1 aromatic carbocycles. The van der Waals surface area contributed by atoms with Crippen LogP contribution < -0.4 is 5.48 Å². The molecule has 1 heterocycles. The van der Waals surface area contributed by atoms with E-state index in [0.29, 0.717) is 24.7 Å². The Balaban J connectivity index is 1.90. The number of oxazole rings is 1. The summed E-state index contributed by atoms with van der Waals surface area (Å²) < 4.78 is 5.59. The molecule has 0 atom stereocenters. The van der Waals surface area contributed by atoms with Gasteiger partial charge in [0, 0.05) is 18.4 Å². The lowest BCUT2D eigenvalue weighted by atomic mass is 10.2. The third-order valence-corrected chi connectivity index (χ3v) is 2.51. The van der Waals surface area contributed by atoms with E-state index in [1.807, 2.05) is 30.3 Å². The normalized spacial score (nSPS) is 10.4. The lowest BCUT2D eigenvalue weighted by Gasteiger charge is -2.01. The summed E-state index contributed by atoms with van der Waals surface area (Å²) in [5.74, 6) is 1.08. The third kappa shape index (κ3) is 3.93. The summed E-state index contributed by atoms with van der Waals surface area (Å²) in [6, 6.07) is 9.72. The lowest BCUT2D eigenvalue weighted by Crippen LogP contribution is -2.23. The van der Waals surface area contributed by atoms with Crippen LogP contribution in [0.3, 0.4) is 0 Å². The molecule has 0 bridgehead atoms. The fourth-order valence-corrected chi connectivity index (χ4v) is 1.59. The molecule has 1 aromatic heterocycles. The number of nitrogens with zero attached hydrogens (tertiary/aromatic N) is 1. The Kier molecular flexibility index (Phi) is 4.69. The average molecular weight is 260 g/mol. The second kappa shape index (κ2) is 6.70.